The summed E-state index contributed by atoms with van der Waals surface area (Å²) in [4.78, 5) is 42.6. The topological polar surface area (TPSA) is 153 Å². The van der Waals surface area contributed by atoms with Gasteiger partial charge in [-0.3, -0.25) is 14.2 Å². The van der Waals surface area contributed by atoms with E-state index in [1.54, 1.807) is 0 Å². The Morgan fingerprint density at radius 1 is 1.13 bits per heavy atom. The third-order valence-electron chi connectivity index (χ3n) is 8.22. The number of carbonyl (C=O) groups excluding carboxylic acids is 1. The molecule has 0 atom stereocenters. The molecular weight excluding hydrogens is 641 g/mol. The Kier molecular flexibility index (Phi) is 9.04. The van der Waals surface area contributed by atoms with Crippen LogP contribution < -0.4 is 21.1 Å². The highest BCUT2D eigenvalue weighted by atomic mass is 32.2. The van der Waals surface area contributed by atoms with Crippen molar-refractivity contribution in [3.05, 3.63) is 70.2 Å². The van der Waals surface area contributed by atoms with Crippen molar-refractivity contribution in [1.29, 1.82) is 0 Å². The lowest BCUT2D eigenvalue weighted by Gasteiger charge is -2.30. The molecule has 0 radical (unpaired) electrons. The average molecular weight is 675 g/mol. The van der Waals surface area contributed by atoms with Crippen molar-refractivity contribution in [3.63, 3.8) is 0 Å². The molecule has 0 amide bonds. The van der Waals surface area contributed by atoms with Crippen molar-refractivity contribution >= 4 is 44.2 Å². The van der Waals surface area contributed by atoms with Crippen LogP contribution in [0.5, 0.6) is 0 Å². The quantitative estimate of drug-likeness (QED) is 0.252. The van der Waals surface area contributed by atoms with Gasteiger partial charge in [-0.1, -0.05) is 0 Å². The molecular formula is C30H33F3N8O5S. The van der Waals surface area contributed by atoms with Gasteiger partial charge in [0, 0.05) is 80.7 Å². The monoisotopic (exact) mass is 674 g/mol. The number of piperazine rings is 1. The van der Waals surface area contributed by atoms with Gasteiger partial charge in [0.25, 0.3) is 5.56 Å². The van der Waals surface area contributed by atoms with Crippen LogP contribution in [0.3, 0.4) is 0 Å². The molecule has 13 nitrogen and oxygen atoms in total. The van der Waals surface area contributed by atoms with Gasteiger partial charge in [-0.25, -0.2) is 22.4 Å². The molecule has 3 aromatic heterocycles. The first-order valence-corrected chi connectivity index (χ1v) is 16.7. The number of Topliss-reactive ketones (excluding diaryl/α,β-unsaturated/α-hetero) is 1. The first-order chi connectivity index (χ1) is 22.4. The highest BCUT2D eigenvalue weighted by Gasteiger charge is 2.37. The zero-order valence-electron chi connectivity index (χ0n) is 25.5. The highest BCUT2D eigenvalue weighted by Crippen LogP contribution is 2.27. The normalized spacial score (nSPS) is 16.5. The fourth-order valence-corrected chi connectivity index (χ4v) is 7.17. The van der Waals surface area contributed by atoms with E-state index < -0.39 is 45.8 Å². The highest BCUT2D eigenvalue weighted by molar-refractivity contribution is 7.90. The molecule has 2 aliphatic heterocycles. The second kappa shape index (κ2) is 13.0. The zero-order chi connectivity index (χ0) is 33.3. The van der Waals surface area contributed by atoms with Crippen LogP contribution in [0, 0.1) is 12.8 Å². The van der Waals surface area contributed by atoms with Crippen molar-refractivity contribution in [3.8, 4) is 0 Å². The molecule has 2 N–H and O–H groups in total. The standard InChI is InChI=1S/C30H33F3N8O5S/c1-19-14-22(2-3-24(19)39-9-6-34-7-10-39)37-29-36-16-21-15-23(26(42)20-4-12-46-13-5-20)28(43)40(27(21)38-29)17-25-35-8-11-41(25)47(44,45)18-30(31,32)33/h2-3,8,11,14-16,20,34H,4-7,9-10,12-13,17-18H2,1H3,(H,36,37,38). The lowest BCUT2D eigenvalue weighted by molar-refractivity contribution is -0.106. The number of carbonyl (C=O) groups is 1. The molecule has 250 valence electrons. The number of aromatic nitrogens is 5. The predicted octanol–water partition coefficient (Wildman–Crippen LogP) is 2.85. The minimum atomic E-state index is -5.00. The molecule has 4 aromatic rings. The number of fused-ring (bicyclic) bond motifs is 1. The van der Waals surface area contributed by atoms with E-state index in [-0.39, 0.29) is 23.0 Å². The molecule has 2 saturated heterocycles. The molecule has 6 rings (SSSR count). The number of benzene rings is 1. The summed E-state index contributed by atoms with van der Waals surface area (Å²) in [5.41, 5.74) is 1.89. The Balaban J connectivity index is 1.39. The van der Waals surface area contributed by atoms with E-state index in [4.69, 9.17) is 4.74 Å². The van der Waals surface area contributed by atoms with E-state index in [2.05, 4.69) is 30.5 Å². The number of imidazole rings is 1. The summed E-state index contributed by atoms with van der Waals surface area (Å²) in [5.74, 6) is -3.25. The summed E-state index contributed by atoms with van der Waals surface area (Å²) in [6, 6.07) is 7.21. The second-order valence-electron chi connectivity index (χ2n) is 11.5. The van der Waals surface area contributed by atoms with E-state index in [9.17, 15) is 31.2 Å². The van der Waals surface area contributed by atoms with Crippen LogP contribution in [0.1, 0.15) is 34.6 Å². The summed E-state index contributed by atoms with van der Waals surface area (Å²) in [6.07, 6.45) is -0.826. The number of alkyl halides is 3. The molecule has 0 unspecified atom stereocenters. The molecule has 2 aliphatic rings. The summed E-state index contributed by atoms with van der Waals surface area (Å²) < 4.78 is 71.5. The van der Waals surface area contributed by atoms with Crippen molar-refractivity contribution in [1.82, 2.24) is 28.8 Å². The largest absolute Gasteiger partial charge is 0.404 e. The van der Waals surface area contributed by atoms with Crippen LogP contribution in [-0.4, -0.2) is 89.0 Å². The van der Waals surface area contributed by atoms with Gasteiger partial charge in [-0.15, -0.1) is 0 Å². The van der Waals surface area contributed by atoms with Gasteiger partial charge in [0.05, 0.1) is 12.1 Å². The van der Waals surface area contributed by atoms with Crippen LogP contribution >= 0.6 is 0 Å². The van der Waals surface area contributed by atoms with Crippen molar-refractivity contribution < 1.29 is 31.1 Å². The minimum Gasteiger partial charge on any atom is -0.381 e. The van der Waals surface area contributed by atoms with Crippen molar-refractivity contribution in [2.75, 3.05) is 55.4 Å². The SMILES string of the molecule is Cc1cc(Nc2ncc3cc(C(=O)C4CCOCC4)c(=O)n(Cc4nccn4S(=O)(=O)CC(F)(F)F)c3n2)ccc1N1CCNCC1. The Labute approximate surface area is 267 Å². The fraction of sp³-hybridized carbons (Fsp3) is 0.433. The summed E-state index contributed by atoms with van der Waals surface area (Å²) >= 11 is 0. The van der Waals surface area contributed by atoms with Gasteiger partial charge in [-0.2, -0.15) is 18.2 Å². The van der Waals surface area contributed by atoms with Gasteiger partial charge in [0.1, 0.15) is 11.5 Å². The summed E-state index contributed by atoms with van der Waals surface area (Å²) in [7, 11) is -4.92. The van der Waals surface area contributed by atoms with Gasteiger partial charge in [-0.05, 0) is 49.6 Å². The van der Waals surface area contributed by atoms with Gasteiger partial charge in [0.15, 0.2) is 11.5 Å². The number of hydrogen-bond acceptors (Lipinski definition) is 11. The number of aryl methyl sites for hydroxylation is 1. The van der Waals surface area contributed by atoms with Crippen LogP contribution in [0.4, 0.5) is 30.5 Å². The van der Waals surface area contributed by atoms with Crippen LogP contribution in [0.15, 0.2) is 47.7 Å². The van der Waals surface area contributed by atoms with Gasteiger partial charge >= 0.3 is 6.18 Å². The molecule has 0 aliphatic carbocycles. The van der Waals surface area contributed by atoms with E-state index in [0.29, 0.717) is 41.1 Å². The number of rotatable bonds is 9. The van der Waals surface area contributed by atoms with E-state index in [0.717, 1.165) is 54.4 Å². The predicted molar refractivity (Wildman–Crippen MR) is 168 cm³/mol. The number of ether oxygens (including phenoxy) is 1. The molecule has 0 spiro atoms. The maximum Gasteiger partial charge on any atom is 0.404 e. The van der Waals surface area contributed by atoms with Gasteiger partial charge < -0.3 is 20.3 Å². The smallest absolute Gasteiger partial charge is 0.381 e. The Hall–Kier alpha value is -4.35. The van der Waals surface area contributed by atoms with Crippen LogP contribution in [-0.2, 0) is 21.3 Å². The van der Waals surface area contributed by atoms with Crippen LogP contribution in [0.25, 0.3) is 11.0 Å². The molecule has 47 heavy (non-hydrogen) atoms. The summed E-state index contributed by atoms with van der Waals surface area (Å²) in [5, 5.41) is 6.76. The Morgan fingerprint density at radius 3 is 2.57 bits per heavy atom. The molecule has 0 bridgehead atoms. The minimum absolute atomic E-state index is 0.0351. The van der Waals surface area contributed by atoms with E-state index in [1.807, 2.05) is 25.1 Å². The lowest BCUT2D eigenvalue weighted by Crippen LogP contribution is -2.43. The number of anilines is 3. The first-order valence-electron chi connectivity index (χ1n) is 15.1. The van der Waals surface area contributed by atoms with Crippen molar-refractivity contribution in [2.24, 2.45) is 5.92 Å². The molecule has 1 aromatic carbocycles. The lowest BCUT2D eigenvalue weighted by atomic mass is 9.91. The van der Waals surface area contributed by atoms with Gasteiger partial charge in [0.2, 0.25) is 16.0 Å². The maximum atomic E-state index is 13.9. The summed E-state index contributed by atoms with van der Waals surface area (Å²) in [6.45, 7) is 5.69. The number of halogens is 3. The number of nitrogens with one attached hydrogen (secondary N) is 2. The number of hydrogen-bond donors (Lipinski definition) is 2. The Morgan fingerprint density at radius 2 is 1.87 bits per heavy atom. The molecule has 0 saturated carbocycles. The third-order valence-corrected chi connectivity index (χ3v) is 9.84. The number of ketones is 1. The van der Waals surface area contributed by atoms with Crippen molar-refractivity contribution in [2.45, 2.75) is 32.5 Å². The zero-order valence-corrected chi connectivity index (χ0v) is 26.3. The fourth-order valence-electron chi connectivity index (χ4n) is 5.95. The third kappa shape index (κ3) is 7.16. The molecule has 17 heteroatoms. The van der Waals surface area contributed by atoms with E-state index in [1.165, 1.54) is 12.3 Å². The molecule has 2 fully saturated rings. The Bertz CT molecular complexity index is 1970. The van der Waals surface area contributed by atoms with Crippen LogP contribution in [0.2, 0.25) is 0 Å². The maximum absolute atomic E-state index is 13.9. The van der Waals surface area contributed by atoms with E-state index >= 15 is 0 Å². The second-order valence-corrected chi connectivity index (χ2v) is 13.4. The molecule has 5 heterocycles. The number of pyridine rings is 1. The number of nitrogens with zero attached hydrogens (tertiary/aromatic N) is 6. The average Bonchev–Trinajstić information content (AvgIpc) is 3.51. The first kappa shape index (κ1) is 32.6.